The number of fused-ring (bicyclic) bond motifs is 1. The molecule has 0 unspecified atom stereocenters. The minimum absolute atomic E-state index is 0.103. The van der Waals surface area contributed by atoms with E-state index < -0.39 is 0 Å². The van der Waals surface area contributed by atoms with Crippen molar-refractivity contribution < 1.29 is 23.8 Å². The zero-order valence-corrected chi connectivity index (χ0v) is 24.6. The molecular weight excluding hydrogens is 518 g/mol. The maximum Gasteiger partial charge on any atom is 0.257 e. The van der Waals surface area contributed by atoms with Gasteiger partial charge in [0.25, 0.3) is 11.8 Å². The van der Waals surface area contributed by atoms with Crippen LogP contribution in [0, 0.1) is 5.92 Å². The highest BCUT2D eigenvalue weighted by molar-refractivity contribution is 6.05. The van der Waals surface area contributed by atoms with Crippen molar-refractivity contribution in [2.24, 2.45) is 5.92 Å². The number of nitrogens with zero attached hydrogens (tertiary/aromatic N) is 2. The van der Waals surface area contributed by atoms with Crippen LogP contribution in [0.15, 0.2) is 72.8 Å². The molecule has 3 atom stereocenters. The number of methoxy groups -OCH3 is 2. The van der Waals surface area contributed by atoms with E-state index in [1.54, 1.807) is 68.6 Å². The van der Waals surface area contributed by atoms with Crippen molar-refractivity contribution in [1.29, 1.82) is 0 Å². The van der Waals surface area contributed by atoms with Gasteiger partial charge in [0.15, 0.2) is 0 Å². The SMILES string of the molecule is COc1cccc(C(=O)Nc2ccc3c(c2)C(=O)N(C)C[C@H](OC)[C@@H](C)CN(CCc2ccccc2)[C@@H](C)CO3)c1. The summed E-state index contributed by atoms with van der Waals surface area (Å²) in [6.45, 7) is 6.87. The Balaban J connectivity index is 1.58. The minimum atomic E-state index is -0.297. The maximum atomic E-state index is 13.7. The second-order valence-corrected chi connectivity index (χ2v) is 10.7. The van der Waals surface area contributed by atoms with E-state index in [0.717, 1.165) is 19.5 Å². The van der Waals surface area contributed by atoms with Crippen LogP contribution in [-0.4, -0.2) is 81.3 Å². The summed E-state index contributed by atoms with van der Waals surface area (Å²) in [6, 6.07) is 22.7. The Hall–Kier alpha value is -3.88. The first-order valence-corrected chi connectivity index (χ1v) is 14.1. The van der Waals surface area contributed by atoms with Crippen LogP contribution in [0.5, 0.6) is 11.5 Å². The van der Waals surface area contributed by atoms with E-state index in [1.165, 1.54) is 5.56 Å². The molecule has 1 N–H and O–H groups in total. The molecule has 2 amide bonds. The van der Waals surface area contributed by atoms with Crippen LogP contribution in [0.2, 0.25) is 0 Å². The van der Waals surface area contributed by atoms with Gasteiger partial charge in [0, 0.05) is 51.1 Å². The number of amides is 2. The van der Waals surface area contributed by atoms with Crippen LogP contribution in [0.1, 0.15) is 40.1 Å². The molecule has 0 saturated carbocycles. The van der Waals surface area contributed by atoms with E-state index in [9.17, 15) is 9.59 Å². The Kier molecular flexibility index (Phi) is 10.4. The van der Waals surface area contributed by atoms with Crippen LogP contribution in [0.25, 0.3) is 0 Å². The van der Waals surface area contributed by atoms with Gasteiger partial charge in [0.2, 0.25) is 0 Å². The second kappa shape index (κ2) is 14.1. The van der Waals surface area contributed by atoms with E-state index in [4.69, 9.17) is 14.2 Å². The van der Waals surface area contributed by atoms with Gasteiger partial charge in [0.05, 0.1) is 18.8 Å². The highest BCUT2D eigenvalue weighted by Crippen LogP contribution is 2.27. The lowest BCUT2D eigenvalue weighted by Gasteiger charge is -2.36. The van der Waals surface area contributed by atoms with E-state index >= 15 is 0 Å². The Labute approximate surface area is 243 Å². The van der Waals surface area contributed by atoms with Gasteiger partial charge in [-0.1, -0.05) is 43.3 Å². The zero-order chi connectivity index (χ0) is 29.4. The topological polar surface area (TPSA) is 80.3 Å². The molecule has 8 nitrogen and oxygen atoms in total. The Morgan fingerprint density at radius 3 is 2.51 bits per heavy atom. The fourth-order valence-corrected chi connectivity index (χ4v) is 5.13. The molecule has 0 aromatic heterocycles. The quantitative estimate of drug-likeness (QED) is 0.439. The molecule has 8 heteroatoms. The van der Waals surface area contributed by atoms with Gasteiger partial charge in [-0.15, -0.1) is 0 Å². The highest BCUT2D eigenvalue weighted by atomic mass is 16.5. The van der Waals surface area contributed by atoms with Crippen molar-refractivity contribution >= 4 is 17.5 Å². The zero-order valence-electron chi connectivity index (χ0n) is 24.6. The molecule has 1 heterocycles. The average Bonchev–Trinajstić information content (AvgIpc) is 3.00. The molecule has 0 fully saturated rings. The number of benzene rings is 3. The summed E-state index contributed by atoms with van der Waals surface area (Å²) in [5, 5.41) is 2.90. The van der Waals surface area contributed by atoms with E-state index in [1.807, 2.05) is 6.07 Å². The Morgan fingerprint density at radius 2 is 1.78 bits per heavy atom. The minimum Gasteiger partial charge on any atom is -0.497 e. The van der Waals surface area contributed by atoms with E-state index in [0.29, 0.717) is 41.5 Å². The Bertz CT molecular complexity index is 1320. The molecular formula is C33H41N3O5. The average molecular weight is 560 g/mol. The van der Waals surface area contributed by atoms with Crippen molar-refractivity contribution in [1.82, 2.24) is 9.80 Å². The van der Waals surface area contributed by atoms with Gasteiger partial charge >= 0.3 is 0 Å². The smallest absolute Gasteiger partial charge is 0.257 e. The summed E-state index contributed by atoms with van der Waals surface area (Å²) in [6.07, 6.45) is 0.788. The van der Waals surface area contributed by atoms with Crippen LogP contribution < -0.4 is 14.8 Å². The van der Waals surface area contributed by atoms with Crippen molar-refractivity contribution in [3.8, 4) is 11.5 Å². The number of carbonyl (C=O) groups excluding carboxylic acids is 2. The molecule has 0 aliphatic carbocycles. The summed E-state index contributed by atoms with van der Waals surface area (Å²) in [7, 11) is 5.03. The summed E-state index contributed by atoms with van der Waals surface area (Å²) in [4.78, 5) is 30.7. The highest BCUT2D eigenvalue weighted by Gasteiger charge is 2.28. The molecule has 1 aliphatic heterocycles. The second-order valence-electron chi connectivity index (χ2n) is 10.7. The summed E-state index contributed by atoms with van der Waals surface area (Å²) in [5.74, 6) is 0.768. The fourth-order valence-electron chi connectivity index (χ4n) is 5.13. The first kappa shape index (κ1) is 30.1. The third-order valence-electron chi connectivity index (χ3n) is 7.69. The van der Waals surface area contributed by atoms with Crippen molar-refractivity contribution in [2.75, 3.05) is 52.8 Å². The first-order valence-electron chi connectivity index (χ1n) is 14.1. The molecule has 3 aromatic rings. The van der Waals surface area contributed by atoms with Gasteiger partial charge in [0.1, 0.15) is 18.1 Å². The summed E-state index contributed by atoms with van der Waals surface area (Å²) >= 11 is 0. The number of likely N-dealkylation sites (N-methyl/N-ethyl adjacent to an activating group) is 1. The number of hydrogen-bond donors (Lipinski definition) is 1. The van der Waals surface area contributed by atoms with Gasteiger partial charge in [-0.25, -0.2) is 0 Å². The lowest BCUT2D eigenvalue weighted by molar-refractivity contribution is 0.0109. The van der Waals surface area contributed by atoms with Crippen molar-refractivity contribution in [3.63, 3.8) is 0 Å². The molecule has 0 saturated heterocycles. The normalized spacial score (nSPS) is 20.3. The standard InChI is InChI=1S/C33H41N3O5/c1-23-20-36(17-16-25-10-7-6-8-11-25)24(2)22-41-30-15-14-27(19-29(30)33(38)35(3)21-31(23)40-5)34-32(37)26-12-9-13-28(18-26)39-4/h6-15,18-19,23-24,31H,16-17,20-22H2,1-5H3,(H,34,37)/t23-,24-,31-/m0/s1. The number of rotatable bonds is 7. The number of hydrogen-bond acceptors (Lipinski definition) is 6. The fraction of sp³-hybridized carbons (Fsp3) is 0.394. The number of carbonyl (C=O) groups is 2. The molecule has 41 heavy (non-hydrogen) atoms. The van der Waals surface area contributed by atoms with Crippen LogP contribution in [0.3, 0.4) is 0 Å². The molecule has 0 radical (unpaired) electrons. The van der Waals surface area contributed by atoms with Gasteiger partial charge in [-0.2, -0.15) is 0 Å². The maximum absolute atomic E-state index is 13.7. The molecule has 4 rings (SSSR count). The first-order chi connectivity index (χ1) is 19.8. The number of nitrogens with one attached hydrogen (secondary N) is 1. The van der Waals surface area contributed by atoms with Crippen LogP contribution in [0.4, 0.5) is 5.69 Å². The Morgan fingerprint density at radius 1 is 1.00 bits per heavy atom. The number of ether oxygens (including phenoxy) is 3. The van der Waals surface area contributed by atoms with Crippen molar-refractivity contribution in [2.45, 2.75) is 32.4 Å². The van der Waals surface area contributed by atoms with Crippen molar-refractivity contribution in [3.05, 3.63) is 89.5 Å². The van der Waals surface area contributed by atoms with E-state index in [-0.39, 0.29) is 29.9 Å². The largest absolute Gasteiger partial charge is 0.497 e. The molecule has 3 aromatic carbocycles. The van der Waals surface area contributed by atoms with Gasteiger partial charge < -0.3 is 24.4 Å². The molecule has 0 spiro atoms. The van der Waals surface area contributed by atoms with Crippen LogP contribution >= 0.6 is 0 Å². The molecule has 0 bridgehead atoms. The lowest BCUT2D eigenvalue weighted by Crippen LogP contribution is -2.47. The summed E-state index contributed by atoms with van der Waals surface area (Å²) in [5.41, 5.74) is 2.64. The molecule has 1 aliphatic rings. The monoisotopic (exact) mass is 559 g/mol. The van der Waals surface area contributed by atoms with E-state index in [2.05, 4.69) is 48.3 Å². The summed E-state index contributed by atoms with van der Waals surface area (Å²) < 4.78 is 17.4. The third kappa shape index (κ3) is 7.86. The third-order valence-corrected chi connectivity index (χ3v) is 7.69. The predicted octanol–water partition coefficient (Wildman–Crippen LogP) is 5.00. The van der Waals surface area contributed by atoms with Gasteiger partial charge in [-0.05, 0) is 61.2 Å². The van der Waals surface area contributed by atoms with Gasteiger partial charge in [-0.3, -0.25) is 14.5 Å². The van der Waals surface area contributed by atoms with Crippen LogP contribution in [-0.2, 0) is 11.2 Å². The predicted molar refractivity (Wildman–Crippen MR) is 161 cm³/mol. The number of anilines is 1. The molecule has 218 valence electrons. The lowest BCUT2D eigenvalue weighted by atomic mass is 10.0.